The Balaban J connectivity index is 1.64. The first-order valence-electron chi connectivity index (χ1n) is 12.1. The van der Waals surface area contributed by atoms with Crippen LogP contribution in [0.3, 0.4) is 0 Å². The molecule has 1 aliphatic heterocycles. The van der Waals surface area contributed by atoms with Crippen molar-refractivity contribution in [2.45, 2.75) is 46.1 Å². The van der Waals surface area contributed by atoms with Crippen molar-refractivity contribution in [2.75, 3.05) is 11.5 Å². The van der Waals surface area contributed by atoms with Crippen molar-refractivity contribution in [1.82, 2.24) is 4.98 Å². The smallest absolute Gasteiger partial charge is 0.297 e. The number of ketones is 1. The van der Waals surface area contributed by atoms with Gasteiger partial charge >= 0.3 is 0 Å². The van der Waals surface area contributed by atoms with Gasteiger partial charge < -0.3 is 9.15 Å². The van der Waals surface area contributed by atoms with E-state index in [-0.39, 0.29) is 33.2 Å². The minimum atomic E-state index is -0.870. The first-order valence-corrected chi connectivity index (χ1v) is 12.9. The van der Waals surface area contributed by atoms with Crippen molar-refractivity contribution >= 4 is 39.1 Å². The van der Waals surface area contributed by atoms with Crippen LogP contribution in [0.1, 0.15) is 76.2 Å². The zero-order valence-electron chi connectivity index (χ0n) is 20.7. The van der Waals surface area contributed by atoms with Gasteiger partial charge in [0.15, 0.2) is 16.3 Å². The number of benzene rings is 2. The number of hydrogen-bond donors (Lipinski definition) is 0. The predicted molar refractivity (Wildman–Crippen MR) is 139 cm³/mol. The maximum absolute atomic E-state index is 14.0. The van der Waals surface area contributed by atoms with E-state index in [1.54, 1.807) is 31.2 Å². The number of aromatic nitrogens is 1. The number of carbonyl (C=O) groups excluding carboxylic acids is 2. The summed E-state index contributed by atoms with van der Waals surface area (Å²) in [7, 11) is 0. The standard InChI is InChI=1S/C28H25FN2O5S/c1-4-5-6-13-35-19-10-7-17(8-11-19)23-22-24(33)20-14-18(29)9-12-21(20)36-25(22)27(34)31(23)28-30-15(2)26(37-28)16(3)32/h7-12,14,23H,4-6,13H2,1-3H3. The molecule has 0 aliphatic carbocycles. The lowest BCUT2D eigenvalue weighted by Crippen LogP contribution is -2.29. The van der Waals surface area contributed by atoms with E-state index in [1.807, 2.05) is 0 Å². The summed E-state index contributed by atoms with van der Waals surface area (Å²) in [5, 5.41) is 0.327. The number of ether oxygens (including phenoxy) is 1. The number of carbonyl (C=O) groups is 2. The maximum atomic E-state index is 14.0. The van der Waals surface area contributed by atoms with Crippen LogP contribution in [0.25, 0.3) is 11.0 Å². The summed E-state index contributed by atoms with van der Waals surface area (Å²) in [6.07, 6.45) is 3.12. The molecule has 2 aromatic heterocycles. The number of thiazole rings is 1. The summed E-state index contributed by atoms with van der Waals surface area (Å²) >= 11 is 1.09. The number of nitrogens with zero attached hydrogens (tertiary/aromatic N) is 2. The molecule has 5 rings (SSSR count). The number of aryl methyl sites for hydroxylation is 1. The Kier molecular flexibility index (Phi) is 6.64. The lowest BCUT2D eigenvalue weighted by molar-refractivity contribution is 0.0969. The van der Waals surface area contributed by atoms with Crippen LogP contribution in [-0.4, -0.2) is 23.3 Å². The molecule has 3 heterocycles. The Hall–Kier alpha value is -3.85. The molecule has 0 saturated carbocycles. The van der Waals surface area contributed by atoms with E-state index < -0.39 is 23.2 Å². The van der Waals surface area contributed by atoms with Gasteiger partial charge in [-0.25, -0.2) is 9.37 Å². The summed E-state index contributed by atoms with van der Waals surface area (Å²) in [5.74, 6) is -0.739. The van der Waals surface area contributed by atoms with Crippen LogP contribution in [0, 0.1) is 12.7 Å². The van der Waals surface area contributed by atoms with E-state index in [4.69, 9.17) is 9.15 Å². The highest BCUT2D eigenvalue weighted by atomic mass is 32.1. The van der Waals surface area contributed by atoms with Crippen LogP contribution in [0.4, 0.5) is 9.52 Å². The molecule has 0 radical (unpaired) electrons. The number of halogens is 1. The normalized spacial score (nSPS) is 14.9. The molecule has 1 atom stereocenters. The van der Waals surface area contributed by atoms with Gasteiger partial charge in [-0.15, -0.1) is 0 Å². The number of Topliss-reactive ketones (excluding diaryl/α,β-unsaturated/α-hetero) is 1. The highest BCUT2D eigenvalue weighted by Crippen LogP contribution is 2.43. The van der Waals surface area contributed by atoms with Crippen LogP contribution in [0.5, 0.6) is 5.75 Å². The molecule has 1 amide bonds. The fourth-order valence-corrected chi connectivity index (χ4v) is 5.55. The molecule has 2 aromatic carbocycles. The van der Waals surface area contributed by atoms with Crippen LogP contribution in [0.15, 0.2) is 51.7 Å². The SMILES string of the molecule is CCCCCOc1ccc(C2c3c(oc4ccc(F)cc4c3=O)C(=O)N2c2nc(C)c(C(C)=O)s2)cc1. The van der Waals surface area contributed by atoms with Crippen LogP contribution in [0.2, 0.25) is 0 Å². The molecule has 7 nitrogen and oxygen atoms in total. The van der Waals surface area contributed by atoms with Gasteiger partial charge in [0.05, 0.1) is 34.2 Å². The second-order valence-electron chi connectivity index (χ2n) is 8.98. The van der Waals surface area contributed by atoms with Gasteiger partial charge in [0.2, 0.25) is 5.76 Å². The average Bonchev–Trinajstić information content (AvgIpc) is 3.40. The van der Waals surface area contributed by atoms with E-state index in [0.717, 1.165) is 36.7 Å². The van der Waals surface area contributed by atoms with Gasteiger partial charge in [-0.1, -0.05) is 43.2 Å². The van der Waals surface area contributed by atoms with Gasteiger partial charge in [0, 0.05) is 6.92 Å². The minimum Gasteiger partial charge on any atom is -0.494 e. The Bertz CT molecular complexity index is 1570. The monoisotopic (exact) mass is 520 g/mol. The summed E-state index contributed by atoms with van der Waals surface area (Å²) in [6, 6.07) is 9.91. The maximum Gasteiger partial charge on any atom is 0.297 e. The molecule has 9 heteroatoms. The molecule has 37 heavy (non-hydrogen) atoms. The zero-order chi connectivity index (χ0) is 26.3. The van der Waals surface area contributed by atoms with Crippen molar-refractivity contribution in [2.24, 2.45) is 0 Å². The third-order valence-corrected chi connectivity index (χ3v) is 7.61. The Labute approximate surface area is 216 Å². The minimum absolute atomic E-state index is 0.0500. The molecule has 1 unspecified atom stereocenters. The van der Waals surface area contributed by atoms with E-state index in [1.165, 1.54) is 24.0 Å². The van der Waals surface area contributed by atoms with Crippen LogP contribution < -0.4 is 15.1 Å². The van der Waals surface area contributed by atoms with Crippen molar-refractivity contribution in [3.05, 3.63) is 86.0 Å². The number of rotatable bonds is 8. The lowest BCUT2D eigenvalue weighted by Gasteiger charge is -2.22. The first-order chi connectivity index (χ1) is 17.8. The lowest BCUT2D eigenvalue weighted by atomic mass is 9.98. The Morgan fingerprint density at radius 3 is 2.59 bits per heavy atom. The number of hydrogen-bond acceptors (Lipinski definition) is 7. The molecule has 190 valence electrons. The topological polar surface area (TPSA) is 89.7 Å². The highest BCUT2D eigenvalue weighted by molar-refractivity contribution is 7.17. The number of anilines is 1. The third kappa shape index (κ3) is 4.44. The second-order valence-corrected chi connectivity index (χ2v) is 9.96. The quantitative estimate of drug-likeness (QED) is 0.202. The fraction of sp³-hybridized carbons (Fsp3) is 0.286. The van der Waals surface area contributed by atoms with Crippen molar-refractivity contribution in [1.29, 1.82) is 0 Å². The molecule has 0 fully saturated rings. The van der Waals surface area contributed by atoms with E-state index in [9.17, 15) is 18.8 Å². The Morgan fingerprint density at radius 1 is 1.16 bits per heavy atom. The first kappa shape index (κ1) is 24.8. The van der Waals surface area contributed by atoms with Crippen molar-refractivity contribution < 1.29 is 23.1 Å². The summed E-state index contributed by atoms with van der Waals surface area (Å²) < 4.78 is 25.7. The molecule has 0 saturated heterocycles. The molecular weight excluding hydrogens is 495 g/mol. The molecule has 0 bridgehead atoms. The molecule has 4 aromatic rings. The largest absolute Gasteiger partial charge is 0.494 e. The van der Waals surface area contributed by atoms with Gasteiger partial charge in [-0.2, -0.15) is 0 Å². The summed E-state index contributed by atoms with van der Waals surface area (Å²) in [5.41, 5.74) is 0.869. The predicted octanol–water partition coefficient (Wildman–Crippen LogP) is 6.22. The zero-order valence-corrected chi connectivity index (χ0v) is 21.5. The second kappa shape index (κ2) is 9.89. The number of fused-ring (bicyclic) bond motifs is 2. The van der Waals surface area contributed by atoms with Crippen LogP contribution in [-0.2, 0) is 0 Å². The van der Waals surface area contributed by atoms with Crippen molar-refractivity contribution in [3.8, 4) is 5.75 Å². The Morgan fingerprint density at radius 2 is 1.92 bits per heavy atom. The van der Waals surface area contributed by atoms with Gasteiger partial charge in [-0.3, -0.25) is 19.3 Å². The van der Waals surface area contributed by atoms with Gasteiger partial charge in [0.25, 0.3) is 5.91 Å². The molecule has 1 aliphatic rings. The highest BCUT2D eigenvalue weighted by Gasteiger charge is 2.45. The number of amides is 1. The van der Waals surface area contributed by atoms with Gasteiger partial charge in [-0.05, 0) is 49.2 Å². The summed E-state index contributed by atoms with van der Waals surface area (Å²) in [4.78, 5) is 45.7. The van der Waals surface area contributed by atoms with E-state index in [0.29, 0.717) is 28.5 Å². The van der Waals surface area contributed by atoms with Crippen molar-refractivity contribution in [3.63, 3.8) is 0 Å². The van der Waals surface area contributed by atoms with E-state index in [2.05, 4.69) is 11.9 Å². The third-order valence-electron chi connectivity index (χ3n) is 6.36. The molecule has 0 N–H and O–H groups in total. The van der Waals surface area contributed by atoms with E-state index >= 15 is 0 Å². The van der Waals surface area contributed by atoms with Gasteiger partial charge in [0.1, 0.15) is 17.1 Å². The summed E-state index contributed by atoms with van der Waals surface area (Å²) in [6.45, 7) is 5.86. The fourth-order valence-electron chi connectivity index (χ4n) is 4.56. The molecular formula is C28H25FN2O5S. The molecule has 0 spiro atoms. The average molecular weight is 521 g/mol. The number of unbranched alkanes of at least 4 members (excludes halogenated alkanes) is 2. The van der Waals surface area contributed by atoms with Crippen LogP contribution >= 0.6 is 11.3 Å².